The predicted molar refractivity (Wildman–Crippen MR) is 102 cm³/mol. The molecule has 0 fully saturated rings. The van der Waals surface area contributed by atoms with Gasteiger partial charge in [-0.15, -0.1) is 0 Å². The normalized spacial score (nSPS) is 11.9. The van der Waals surface area contributed by atoms with Crippen molar-refractivity contribution in [2.75, 3.05) is 12.4 Å². The second-order valence-corrected chi connectivity index (χ2v) is 6.71. The van der Waals surface area contributed by atoms with Crippen molar-refractivity contribution in [2.24, 2.45) is 5.92 Å². The zero-order valence-electron chi connectivity index (χ0n) is 15.3. The van der Waals surface area contributed by atoms with Gasteiger partial charge in [0.25, 0.3) is 5.91 Å². The summed E-state index contributed by atoms with van der Waals surface area (Å²) in [5.74, 6) is 0.160. The molecular formula is C21H26N2O2. The van der Waals surface area contributed by atoms with Gasteiger partial charge in [0, 0.05) is 18.3 Å². The number of nitrogens with one attached hydrogen (secondary N) is 2. The van der Waals surface area contributed by atoms with E-state index < -0.39 is 0 Å². The Bertz CT molecular complexity index is 719. The number of carbonyl (C=O) groups excluding carboxylic acids is 2. The number of anilines is 1. The molecule has 1 unspecified atom stereocenters. The van der Waals surface area contributed by atoms with Crippen molar-refractivity contribution >= 4 is 17.5 Å². The van der Waals surface area contributed by atoms with E-state index >= 15 is 0 Å². The molecule has 25 heavy (non-hydrogen) atoms. The standard InChI is InChI=1S/C21H26N2O2/c1-14(2)13-16-5-7-17(8-6-16)15(3)20(24)23-19-11-9-18(10-12-19)21(25)22-4/h5-12,14-15H,13H2,1-4H3,(H,22,25)(H,23,24). The second-order valence-electron chi connectivity index (χ2n) is 6.71. The van der Waals surface area contributed by atoms with Gasteiger partial charge in [0.05, 0.1) is 5.92 Å². The maximum absolute atomic E-state index is 12.5. The fourth-order valence-corrected chi connectivity index (χ4v) is 2.66. The van der Waals surface area contributed by atoms with E-state index in [1.165, 1.54) is 5.56 Å². The van der Waals surface area contributed by atoms with E-state index in [0.717, 1.165) is 12.0 Å². The van der Waals surface area contributed by atoms with Crippen molar-refractivity contribution in [2.45, 2.75) is 33.1 Å². The second kappa shape index (κ2) is 8.47. The van der Waals surface area contributed by atoms with E-state index in [-0.39, 0.29) is 17.7 Å². The first-order chi connectivity index (χ1) is 11.9. The molecule has 0 spiro atoms. The van der Waals surface area contributed by atoms with Crippen LogP contribution in [-0.2, 0) is 11.2 Å². The molecule has 2 aromatic carbocycles. The van der Waals surface area contributed by atoms with E-state index in [4.69, 9.17) is 0 Å². The lowest BCUT2D eigenvalue weighted by molar-refractivity contribution is -0.117. The molecular weight excluding hydrogens is 312 g/mol. The third-order valence-corrected chi connectivity index (χ3v) is 4.16. The average molecular weight is 338 g/mol. The topological polar surface area (TPSA) is 58.2 Å². The molecule has 4 heteroatoms. The van der Waals surface area contributed by atoms with E-state index in [0.29, 0.717) is 17.2 Å². The van der Waals surface area contributed by atoms with E-state index in [2.05, 4.69) is 36.6 Å². The van der Waals surface area contributed by atoms with E-state index in [1.54, 1.807) is 31.3 Å². The summed E-state index contributed by atoms with van der Waals surface area (Å²) in [5, 5.41) is 5.47. The van der Waals surface area contributed by atoms with Crippen LogP contribution in [0.3, 0.4) is 0 Å². The molecule has 132 valence electrons. The molecule has 0 saturated heterocycles. The van der Waals surface area contributed by atoms with Gasteiger partial charge in [0.15, 0.2) is 0 Å². The molecule has 2 N–H and O–H groups in total. The molecule has 0 radical (unpaired) electrons. The van der Waals surface area contributed by atoms with Gasteiger partial charge in [-0.1, -0.05) is 38.1 Å². The summed E-state index contributed by atoms with van der Waals surface area (Å²) < 4.78 is 0. The van der Waals surface area contributed by atoms with Crippen LogP contribution in [0.5, 0.6) is 0 Å². The Balaban J connectivity index is 2.01. The molecule has 0 heterocycles. The number of hydrogen-bond acceptors (Lipinski definition) is 2. The minimum Gasteiger partial charge on any atom is -0.355 e. The SMILES string of the molecule is CNC(=O)c1ccc(NC(=O)C(C)c2ccc(CC(C)C)cc2)cc1. The van der Waals surface area contributed by atoms with Gasteiger partial charge in [0.1, 0.15) is 0 Å². The number of benzene rings is 2. The zero-order valence-corrected chi connectivity index (χ0v) is 15.3. The van der Waals surface area contributed by atoms with Crippen molar-refractivity contribution < 1.29 is 9.59 Å². The Morgan fingerprint density at radius 3 is 2.04 bits per heavy atom. The monoisotopic (exact) mass is 338 g/mol. The maximum atomic E-state index is 12.5. The molecule has 0 aromatic heterocycles. The van der Waals surface area contributed by atoms with Crippen LogP contribution in [-0.4, -0.2) is 18.9 Å². The van der Waals surface area contributed by atoms with Crippen LogP contribution in [0.25, 0.3) is 0 Å². The summed E-state index contributed by atoms with van der Waals surface area (Å²) in [4.78, 5) is 24.0. The maximum Gasteiger partial charge on any atom is 0.251 e. The predicted octanol–water partition coefficient (Wildman–Crippen LogP) is 3.99. The van der Waals surface area contributed by atoms with Gasteiger partial charge >= 0.3 is 0 Å². The zero-order chi connectivity index (χ0) is 18.4. The van der Waals surface area contributed by atoms with Crippen molar-refractivity contribution in [1.29, 1.82) is 0 Å². The molecule has 4 nitrogen and oxygen atoms in total. The minimum atomic E-state index is -0.244. The summed E-state index contributed by atoms with van der Waals surface area (Å²) >= 11 is 0. The molecule has 1 atom stereocenters. The number of hydrogen-bond donors (Lipinski definition) is 2. The number of amides is 2. The number of carbonyl (C=O) groups is 2. The highest BCUT2D eigenvalue weighted by Gasteiger charge is 2.15. The lowest BCUT2D eigenvalue weighted by atomic mass is 9.96. The molecule has 0 aliphatic heterocycles. The molecule has 2 aromatic rings. The van der Waals surface area contributed by atoms with Crippen molar-refractivity contribution in [3.63, 3.8) is 0 Å². The Morgan fingerprint density at radius 2 is 1.52 bits per heavy atom. The third-order valence-electron chi connectivity index (χ3n) is 4.16. The van der Waals surface area contributed by atoms with Gasteiger partial charge in [-0.05, 0) is 54.7 Å². The Hall–Kier alpha value is -2.62. The van der Waals surface area contributed by atoms with Crippen LogP contribution >= 0.6 is 0 Å². The van der Waals surface area contributed by atoms with Gasteiger partial charge in [-0.3, -0.25) is 9.59 Å². The Labute approximate surface area is 149 Å². The summed E-state index contributed by atoms with van der Waals surface area (Å²) in [6.45, 7) is 6.28. The van der Waals surface area contributed by atoms with Crippen LogP contribution in [0, 0.1) is 5.92 Å². The van der Waals surface area contributed by atoms with Gasteiger partial charge in [-0.25, -0.2) is 0 Å². The summed E-state index contributed by atoms with van der Waals surface area (Å²) in [7, 11) is 1.59. The minimum absolute atomic E-state index is 0.0655. The molecule has 2 amide bonds. The fraction of sp³-hybridized carbons (Fsp3) is 0.333. The summed E-state index contributed by atoms with van der Waals surface area (Å²) in [6, 6.07) is 15.1. The van der Waals surface area contributed by atoms with Crippen LogP contribution in [0.15, 0.2) is 48.5 Å². The van der Waals surface area contributed by atoms with Crippen molar-refractivity contribution in [3.8, 4) is 0 Å². The molecule has 0 aliphatic rings. The molecule has 0 aliphatic carbocycles. The quantitative estimate of drug-likeness (QED) is 0.837. The molecule has 0 saturated carbocycles. The molecule has 0 bridgehead atoms. The van der Waals surface area contributed by atoms with E-state index in [1.807, 2.05) is 19.1 Å². The van der Waals surface area contributed by atoms with Gasteiger partial charge < -0.3 is 10.6 Å². The Kier molecular flexibility index (Phi) is 6.34. The highest BCUT2D eigenvalue weighted by molar-refractivity contribution is 5.97. The first-order valence-corrected chi connectivity index (χ1v) is 8.62. The first kappa shape index (κ1) is 18.7. The lowest BCUT2D eigenvalue weighted by Gasteiger charge is -2.14. The van der Waals surface area contributed by atoms with Crippen LogP contribution in [0.4, 0.5) is 5.69 Å². The van der Waals surface area contributed by atoms with Gasteiger partial charge in [0.2, 0.25) is 5.91 Å². The molecule has 2 rings (SSSR count). The van der Waals surface area contributed by atoms with Crippen LogP contribution < -0.4 is 10.6 Å². The smallest absolute Gasteiger partial charge is 0.251 e. The van der Waals surface area contributed by atoms with Crippen molar-refractivity contribution in [3.05, 3.63) is 65.2 Å². The van der Waals surface area contributed by atoms with E-state index in [9.17, 15) is 9.59 Å². The lowest BCUT2D eigenvalue weighted by Crippen LogP contribution is -2.20. The third kappa shape index (κ3) is 5.18. The fourth-order valence-electron chi connectivity index (χ4n) is 2.66. The largest absolute Gasteiger partial charge is 0.355 e. The van der Waals surface area contributed by atoms with Crippen LogP contribution in [0.2, 0.25) is 0 Å². The van der Waals surface area contributed by atoms with Gasteiger partial charge in [-0.2, -0.15) is 0 Å². The first-order valence-electron chi connectivity index (χ1n) is 8.62. The average Bonchev–Trinajstić information content (AvgIpc) is 2.61. The van der Waals surface area contributed by atoms with Crippen LogP contribution in [0.1, 0.15) is 48.2 Å². The van der Waals surface area contributed by atoms with Crippen molar-refractivity contribution in [1.82, 2.24) is 5.32 Å². The summed E-state index contributed by atoms with van der Waals surface area (Å²) in [6.07, 6.45) is 1.04. The highest BCUT2D eigenvalue weighted by atomic mass is 16.2. The Morgan fingerprint density at radius 1 is 0.920 bits per heavy atom. The number of rotatable bonds is 6. The summed E-state index contributed by atoms with van der Waals surface area (Å²) in [5.41, 5.74) is 3.53. The highest BCUT2D eigenvalue weighted by Crippen LogP contribution is 2.20.